The van der Waals surface area contributed by atoms with Crippen LogP contribution >= 0.6 is 10.7 Å². The number of nitrogens with zero attached hydrogens (tertiary/aromatic N) is 1. The number of methoxy groups -OCH3 is 1. The van der Waals surface area contributed by atoms with E-state index in [2.05, 4.69) is 0 Å². The molecule has 1 aliphatic heterocycles. The molecular weight excluding hydrogens is 314 g/mol. The highest BCUT2D eigenvalue weighted by atomic mass is 35.7. The Morgan fingerprint density at radius 1 is 1.48 bits per heavy atom. The molecule has 1 heterocycles. The van der Waals surface area contributed by atoms with Crippen LogP contribution in [-0.2, 0) is 20.2 Å². The molecule has 1 aromatic carbocycles. The number of hydrogen-bond donors (Lipinski definition) is 0. The second kappa shape index (κ2) is 6.34. The predicted molar refractivity (Wildman–Crippen MR) is 80.2 cm³/mol. The zero-order valence-electron chi connectivity index (χ0n) is 12.0. The van der Waals surface area contributed by atoms with E-state index in [9.17, 15) is 13.2 Å². The maximum Gasteiger partial charge on any atom is 0.261 e. The first-order chi connectivity index (χ1) is 9.86. The molecule has 1 aliphatic rings. The largest absolute Gasteiger partial charge is 0.380 e. The van der Waals surface area contributed by atoms with Crippen molar-refractivity contribution in [3.63, 3.8) is 0 Å². The number of carbonyl (C=O) groups excluding carboxylic acids is 1. The van der Waals surface area contributed by atoms with Crippen LogP contribution in [0.3, 0.4) is 0 Å². The van der Waals surface area contributed by atoms with E-state index in [1.807, 2.05) is 6.92 Å². The fourth-order valence-electron chi connectivity index (χ4n) is 2.49. The van der Waals surface area contributed by atoms with Crippen LogP contribution in [-0.4, -0.2) is 45.5 Å². The highest BCUT2D eigenvalue weighted by molar-refractivity contribution is 8.13. The van der Waals surface area contributed by atoms with E-state index in [0.717, 1.165) is 12.0 Å². The highest BCUT2D eigenvalue weighted by Gasteiger charge is 2.28. The van der Waals surface area contributed by atoms with E-state index in [1.54, 1.807) is 18.1 Å². The monoisotopic (exact) mass is 331 g/mol. The summed E-state index contributed by atoms with van der Waals surface area (Å²) in [5.41, 5.74) is 1.21. The second-order valence-corrected chi connectivity index (χ2v) is 7.57. The number of likely N-dealkylation sites (tertiary alicyclic amines) is 1. The van der Waals surface area contributed by atoms with Gasteiger partial charge in [0.05, 0.1) is 11.0 Å². The van der Waals surface area contributed by atoms with E-state index in [4.69, 9.17) is 15.4 Å². The second-order valence-electron chi connectivity index (χ2n) is 5.01. The van der Waals surface area contributed by atoms with Gasteiger partial charge in [0.15, 0.2) is 0 Å². The molecule has 0 saturated carbocycles. The summed E-state index contributed by atoms with van der Waals surface area (Å²) in [5.74, 6) is -0.173. The Kier molecular flexibility index (Phi) is 4.91. The van der Waals surface area contributed by atoms with E-state index < -0.39 is 9.05 Å². The minimum Gasteiger partial charge on any atom is -0.380 e. The first kappa shape index (κ1) is 16.3. The Labute approximate surface area is 129 Å². The maximum absolute atomic E-state index is 12.6. The lowest BCUT2D eigenvalue weighted by Crippen LogP contribution is -2.30. The number of aryl methyl sites for hydroxylation is 1. The Balaban J connectivity index is 2.35. The molecule has 2 rings (SSSR count). The number of halogens is 1. The third-order valence-electron chi connectivity index (χ3n) is 3.74. The molecular formula is C14H18ClNO4S. The third-order valence-corrected chi connectivity index (χ3v) is 5.09. The summed E-state index contributed by atoms with van der Waals surface area (Å²) < 4.78 is 28.1. The van der Waals surface area contributed by atoms with Gasteiger partial charge in [-0.25, -0.2) is 8.42 Å². The molecule has 0 aromatic heterocycles. The molecule has 116 valence electrons. The topological polar surface area (TPSA) is 63.7 Å². The summed E-state index contributed by atoms with van der Waals surface area (Å²) >= 11 is 0. The van der Waals surface area contributed by atoms with Crippen molar-refractivity contribution in [3.05, 3.63) is 29.3 Å². The lowest BCUT2D eigenvalue weighted by molar-refractivity contribution is 0.0723. The third kappa shape index (κ3) is 3.56. The summed E-state index contributed by atoms with van der Waals surface area (Å²) in [6.07, 6.45) is 1.47. The summed E-state index contributed by atoms with van der Waals surface area (Å²) in [6, 6.07) is 4.44. The van der Waals surface area contributed by atoms with Gasteiger partial charge in [0.2, 0.25) is 0 Å². The standard InChI is InChI=1S/C14H18ClNO4S/c1-3-10-4-5-12(21(15,18)19)8-13(10)14(17)16-7-6-11(9-16)20-2/h4-5,8,11H,3,6-7,9H2,1-2H3. The number of ether oxygens (including phenoxy) is 1. The van der Waals surface area contributed by atoms with Gasteiger partial charge in [-0.3, -0.25) is 4.79 Å². The molecule has 0 N–H and O–H groups in total. The van der Waals surface area contributed by atoms with Crippen molar-refractivity contribution in [2.45, 2.75) is 30.8 Å². The average Bonchev–Trinajstić information content (AvgIpc) is 2.93. The SMILES string of the molecule is CCc1ccc(S(=O)(=O)Cl)cc1C(=O)N1CCC(OC)C1. The van der Waals surface area contributed by atoms with Crippen molar-refractivity contribution >= 4 is 25.6 Å². The van der Waals surface area contributed by atoms with Crippen molar-refractivity contribution in [2.24, 2.45) is 0 Å². The number of amides is 1. The van der Waals surface area contributed by atoms with Crippen LogP contribution in [0.2, 0.25) is 0 Å². The maximum atomic E-state index is 12.6. The van der Waals surface area contributed by atoms with Crippen LogP contribution in [0.25, 0.3) is 0 Å². The molecule has 1 saturated heterocycles. The van der Waals surface area contributed by atoms with Crippen molar-refractivity contribution in [1.29, 1.82) is 0 Å². The van der Waals surface area contributed by atoms with Gasteiger partial charge in [0.1, 0.15) is 0 Å². The van der Waals surface area contributed by atoms with Gasteiger partial charge in [-0.15, -0.1) is 0 Å². The van der Waals surface area contributed by atoms with Gasteiger partial charge in [-0.1, -0.05) is 13.0 Å². The van der Waals surface area contributed by atoms with E-state index >= 15 is 0 Å². The molecule has 0 radical (unpaired) electrons. The van der Waals surface area contributed by atoms with E-state index in [-0.39, 0.29) is 16.9 Å². The van der Waals surface area contributed by atoms with E-state index in [0.29, 0.717) is 25.1 Å². The van der Waals surface area contributed by atoms with Crippen LogP contribution < -0.4 is 0 Å². The summed E-state index contributed by atoms with van der Waals surface area (Å²) in [6.45, 7) is 3.05. The first-order valence-electron chi connectivity index (χ1n) is 6.76. The van der Waals surface area contributed by atoms with Crippen molar-refractivity contribution in [2.75, 3.05) is 20.2 Å². The quantitative estimate of drug-likeness (QED) is 0.792. The van der Waals surface area contributed by atoms with Gasteiger partial charge < -0.3 is 9.64 Å². The lowest BCUT2D eigenvalue weighted by Gasteiger charge is -2.18. The van der Waals surface area contributed by atoms with E-state index in [1.165, 1.54) is 12.1 Å². The zero-order chi connectivity index (χ0) is 15.6. The molecule has 1 fully saturated rings. The summed E-state index contributed by atoms with van der Waals surface area (Å²) in [7, 11) is 3.14. The Hall–Kier alpha value is -1.11. The van der Waals surface area contributed by atoms with Crippen LogP contribution in [0.15, 0.2) is 23.1 Å². The van der Waals surface area contributed by atoms with Gasteiger partial charge in [0, 0.05) is 36.4 Å². The average molecular weight is 332 g/mol. The van der Waals surface area contributed by atoms with Gasteiger partial charge >= 0.3 is 0 Å². The van der Waals surface area contributed by atoms with Crippen molar-refractivity contribution < 1.29 is 17.9 Å². The Morgan fingerprint density at radius 3 is 2.71 bits per heavy atom. The minimum absolute atomic E-state index is 0.0407. The smallest absolute Gasteiger partial charge is 0.261 e. The molecule has 0 bridgehead atoms. The molecule has 5 nitrogen and oxygen atoms in total. The van der Waals surface area contributed by atoms with Crippen molar-refractivity contribution in [3.8, 4) is 0 Å². The van der Waals surface area contributed by atoms with Gasteiger partial charge in [0.25, 0.3) is 15.0 Å². The molecule has 0 spiro atoms. The number of benzene rings is 1. The molecule has 0 aliphatic carbocycles. The molecule has 21 heavy (non-hydrogen) atoms. The van der Waals surface area contributed by atoms with Gasteiger partial charge in [-0.2, -0.15) is 0 Å². The van der Waals surface area contributed by atoms with Crippen molar-refractivity contribution in [1.82, 2.24) is 4.90 Å². The zero-order valence-corrected chi connectivity index (χ0v) is 13.6. The van der Waals surface area contributed by atoms with Crippen LogP contribution in [0.5, 0.6) is 0 Å². The molecule has 1 unspecified atom stereocenters. The molecule has 1 atom stereocenters. The predicted octanol–water partition coefficient (Wildman–Crippen LogP) is 2.04. The Morgan fingerprint density at radius 2 is 2.19 bits per heavy atom. The van der Waals surface area contributed by atoms with Gasteiger partial charge in [-0.05, 0) is 30.5 Å². The summed E-state index contributed by atoms with van der Waals surface area (Å²) in [4.78, 5) is 14.2. The highest BCUT2D eigenvalue weighted by Crippen LogP contribution is 2.23. The fraction of sp³-hybridized carbons (Fsp3) is 0.500. The Bertz CT molecular complexity index is 644. The number of carbonyl (C=O) groups is 1. The fourth-order valence-corrected chi connectivity index (χ4v) is 3.27. The molecule has 7 heteroatoms. The van der Waals surface area contributed by atoms with Crippen LogP contribution in [0.4, 0.5) is 0 Å². The first-order valence-corrected chi connectivity index (χ1v) is 9.07. The minimum atomic E-state index is -3.85. The molecule has 1 aromatic rings. The summed E-state index contributed by atoms with van der Waals surface area (Å²) in [5, 5.41) is 0. The normalized spacial score (nSPS) is 19.0. The van der Waals surface area contributed by atoms with Crippen LogP contribution in [0, 0.1) is 0 Å². The number of hydrogen-bond acceptors (Lipinski definition) is 4. The number of rotatable bonds is 4. The lowest BCUT2D eigenvalue weighted by atomic mass is 10.0. The van der Waals surface area contributed by atoms with Crippen LogP contribution in [0.1, 0.15) is 29.3 Å². The molecule has 1 amide bonds.